The average Bonchev–Trinajstić information content (AvgIpc) is 2.62. The van der Waals surface area contributed by atoms with E-state index < -0.39 is 15.9 Å². The van der Waals surface area contributed by atoms with E-state index in [9.17, 15) is 8.42 Å². The predicted molar refractivity (Wildman–Crippen MR) is 54.7 cm³/mol. The maximum Gasteiger partial charge on any atom is 0.191 e. The van der Waals surface area contributed by atoms with E-state index in [4.69, 9.17) is 11.0 Å². The van der Waals surface area contributed by atoms with Crippen molar-refractivity contribution in [1.29, 1.82) is 5.26 Å². The maximum absolute atomic E-state index is 10.9. The Bertz CT molecular complexity index is 487. The van der Waals surface area contributed by atoms with Crippen LogP contribution in [-0.2, 0) is 16.4 Å². The first-order valence-electron chi connectivity index (χ1n) is 4.50. The van der Waals surface area contributed by atoms with Gasteiger partial charge in [0.1, 0.15) is 16.4 Å². The van der Waals surface area contributed by atoms with E-state index in [0.29, 0.717) is 0 Å². The van der Waals surface area contributed by atoms with Gasteiger partial charge in [-0.05, 0) is 11.6 Å². The third-order valence-corrected chi connectivity index (χ3v) is 2.79. The lowest BCUT2D eigenvalue weighted by atomic mass is 10.2. The molecular weight excluding hydrogens is 232 g/mol. The zero-order valence-electron chi connectivity index (χ0n) is 8.74. The summed E-state index contributed by atoms with van der Waals surface area (Å²) in [4.78, 5) is 1.11. The van der Waals surface area contributed by atoms with Gasteiger partial charge in [-0.25, -0.2) is 8.42 Å². The highest BCUT2D eigenvalue weighted by atomic mass is 32.2. The Morgan fingerprint density at radius 2 is 2.31 bits per heavy atom. The number of sulfone groups is 1. The van der Waals surface area contributed by atoms with E-state index in [-0.39, 0.29) is 24.5 Å². The molecule has 1 atom stereocenters. The number of aromatic nitrogens is 4. The van der Waals surface area contributed by atoms with Crippen LogP contribution < -0.4 is 5.73 Å². The number of nitrogens with two attached hydrogens (primary N) is 1. The van der Waals surface area contributed by atoms with Gasteiger partial charge in [0.25, 0.3) is 0 Å². The molecular formula is C7H12N6O2S. The van der Waals surface area contributed by atoms with Crippen molar-refractivity contribution in [2.24, 2.45) is 5.73 Å². The summed E-state index contributed by atoms with van der Waals surface area (Å²) in [5.74, 6) is 0.222. The Morgan fingerprint density at radius 3 is 2.88 bits per heavy atom. The molecule has 88 valence electrons. The third-order valence-electron chi connectivity index (χ3n) is 1.81. The molecule has 8 nitrogen and oxygen atoms in total. The van der Waals surface area contributed by atoms with Crippen molar-refractivity contribution in [2.45, 2.75) is 19.0 Å². The summed E-state index contributed by atoms with van der Waals surface area (Å²) in [5, 5.41) is 19.5. The van der Waals surface area contributed by atoms with Crippen molar-refractivity contribution < 1.29 is 8.42 Å². The average molecular weight is 244 g/mol. The Balaban J connectivity index is 2.59. The summed E-state index contributed by atoms with van der Waals surface area (Å²) >= 11 is 0. The molecule has 0 aliphatic rings. The van der Waals surface area contributed by atoms with Crippen LogP contribution in [0.25, 0.3) is 0 Å². The monoisotopic (exact) mass is 244 g/mol. The molecule has 0 saturated carbocycles. The first-order valence-corrected chi connectivity index (χ1v) is 6.56. The van der Waals surface area contributed by atoms with Gasteiger partial charge in [-0.15, -0.1) is 15.0 Å². The SMILES string of the molecule is CS(=O)(=O)CC[C@H](N)c1nnn(CC#N)n1. The molecule has 1 rings (SSSR count). The molecule has 0 unspecified atom stereocenters. The second-order valence-corrected chi connectivity index (χ2v) is 5.62. The van der Waals surface area contributed by atoms with Crippen LogP contribution in [-0.4, -0.2) is 40.6 Å². The van der Waals surface area contributed by atoms with Gasteiger partial charge in [0.15, 0.2) is 5.82 Å². The normalized spacial score (nSPS) is 13.3. The van der Waals surface area contributed by atoms with Crippen LogP contribution in [0.5, 0.6) is 0 Å². The number of nitrogens with zero attached hydrogens (tertiary/aromatic N) is 5. The van der Waals surface area contributed by atoms with Crippen LogP contribution in [0.4, 0.5) is 0 Å². The number of rotatable bonds is 5. The number of hydrogen-bond donors (Lipinski definition) is 1. The highest BCUT2D eigenvalue weighted by Crippen LogP contribution is 2.08. The maximum atomic E-state index is 10.9. The Morgan fingerprint density at radius 1 is 1.62 bits per heavy atom. The van der Waals surface area contributed by atoms with Crippen molar-refractivity contribution in [2.75, 3.05) is 12.0 Å². The van der Waals surface area contributed by atoms with E-state index in [0.717, 1.165) is 11.1 Å². The largest absolute Gasteiger partial charge is 0.321 e. The highest BCUT2D eigenvalue weighted by Gasteiger charge is 2.15. The smallest absolute Gasteiger partial charge is 0.191 e. The fourth-order valence-corrected chi connectivity index (χ4v) is 1.69. The Hall–Kier alpha value is -1.53. The topological polar surface area (TPSA) is 128 Å². The van der Waals surface area contributed by atoms with Gasteiger partial charge in [0, 0.05) is 6.26 Å². The van der Waals surface area contributed by atoms with Crippen molar-refractivity contribution >= 4 is 9.84 Å². The van der Waals surface area contributed by atoms with E-state index in [1.807, 2.05) is 6.07 Å². The Labute approximate surface area is 93.0 Å². The first kappa shape index (κ1) is 12.5. The number of nitriles is 1. The summed E-state index contributed by atoms with van der Waals surface area (Å²) in [6.45, 7) is -0.00814. The summed E-state index contributed by atoms with van der Waals surface area (Å²) in [5.41, 5.74) is 5.69. The van der Waals surface area contributed by atoms with E-state index in [1.165, 1.54) is 0 Å². The molecule has 16 heavy (non-hydrogen) atoms. The molecule has 1 aromatic rings. The molecule has 0 saturated heterocycles. The van der Waals surface area contributed by atoms with Gasteiger partial charge in [-0.1, -0.05) is 0 Å². The molecule has 1 aromatic heterocycles. The van der Waals surface area contributed by atoms with Crippen LogP contribution in [0.2, 0.25) is 0 Å². The summed E-state index contributed by atoms with van der Waals surface area (Å²) in [7, 11) is -3.05. The number of tetrazole rings is 1. The zero-order valence-corrected chi connectivity index (χ0v) is 9.55. The molecule has 0 radical (unpaired) electrons. The van der Waals surface area contributed by atoms with Crippen molar-refractivity contribution in [3.8, 4) is 6.07 Å². The fourth-order valence-electron chi connectivity index (χ4n) is 1.00. The minimum absolute atomic E-state index is 0.00814. The summed E-state index contributed by atoms with van der Waals surface area (Å²) in [6.07, 6.45) is 1.37. The molecule has 0 amide bonds. The molecule has 0 bridgehead atoms. The minimum atomic E-state index is -3.05. The van der Waals surface area contributed by atoms with Crippen LogP contribution in [0, 0.1) is 11.3 Å². The highest BCUT2D eigenvalue weighted by molar-refractivity contribution is 7.90. The zero-order chi connectivity index (χ0) is 12.2. The predicted octanol–water partition coefficient (Wildman–Crippen LogP) is -1.37. The fraction of sp³-hybridized carbons (Fsp3) is 0.714. The molecule has 0 aliphatic carbocycles. The van der Waals surface area contributed by atoms with E-state index in [2.05, 4.69) is 15.4 Å². The summed E-state index contributed by atoms with van der Waals surface area (Å²) in [6, 6.07) is 1.27. The minimum Gasteiger partial charge on any atom is -0.321 e. The van der Waals surface area contributed by atoms with Crippen LogP contribution >= 0.6 is 0 Å². The molecule has 0 spiro atoms. The van der Waals surface area contributed by atoms with Gasteiger partial charge >= 0.3 is 0 Å². The number of hydrogen-bond acceptors (Lipinski definition) is 7. The molecule has 0 fully saturated rings. The molecule has 0 aliphatic heterocycles. The lowest BCUT2D eigenvalue weighted by Crippen LogP contribution is -2.17. The van der Waals surface area contributed by atoms with Gasteiger partial charge in [0.05, 0.1) is 17.9 Å². The van der Waals surface area contributed by atoms with Crippen LogP contribution in [0.1, 0.15) is 18.3 Å². The first-order chi connectivity index (χ1) is 7.42. The Kier molecular flexibility index (Phi) is 3.92. The van der Waals surface area contributed by atoms with Crippen LogP contribution in [0.3, 0.4) is 0 Å². The van der Waals surface area contributed by atoms with Crippen molar-refractivity contribution in [3.63, 3.8) is 0 Å². The van der Waals surface area contributed by atoms with Crippen molar-refractivity contribution in [3.05, 3.63) is 5.82 Å². The molecule has 9 heteroatoms. The van der Waals surface area contributed by atoms with Gasteiger partial charge < -0.3 is 5.73 Å². The van der Waals surface area contributed by atoms with Gasteiger partial charge in [-0.3, -0.25) is 0 Å². The molecule has 2 N–H and O–H groups in total. The second kappa shape index (κ2) is 5.00. The lowest BCUT2D eigenvalue weighted by Gasteiger charge is -2.04. The molecule has 1 heterocycles. The quantitative estimate of drug-likeness (QED) is 0.676. The van der Waals surface area contributed by atoms with Gasteiger partial charge in [0.2, 0.25) is 0 Å². The standard InChI is InChI=1S/C7H12N6O2S/c1-16(14,15)5-2-6(9)7-10-12-13(11-7)4-3-8/h6H,2,4-5,9H2,1H3/t6-/m0/s1. The van der Waals surface area contributed by atoms with E-state index in [1.54, 1.807) is 0 Å². The van der Waals surface area contributed by atoms with Crippen LogP contribution in [0.15, 0.2) is 0 Å². The molecule has 0 aromatic carbocycles. The van der Waals surface area contributed by atoms with Crippen molar-refractivity contribution in [1.82, 2.24) is 20.2 Å². The second-order valence-electron chi connectivity index (χ2n) is 3.36. The van der Waals surface area contributed by atoms with Gasteiger partial charge in [-0.2, -0.15) is 5.26 Å². The lowest BCUT2D eigenvalue weighted by molar-refractivity contribution is 0.573. The third kappa shape index (κ3) is 3.92. The summed E-state index contributed by atoms with van der Waals surface area (Å²) < 4.78 is 21.8. The van der Waals surface area contributed by atoms with E-state index >= 15 is 0 Å².